The minimum atomic E-state index is -0.210. The zero-order valence-electron chi connectivity index (χ0n) is 16.9. The maximum absolute atomic E-state index is 12.6. The Morgan fingerprint density at radius 2 is 2.17 bits per heavy atom. The van der Waals surface area contributed by atoms with Gasteiger partial charge in [0.25, 0.3) is 0 Å². The lowest BCUT2D eigenvalue weighted by molar-refractivity contribution is -0.139. The maximum atomic E-state index is 12.6. The van der Waals surface area contributed by atoms with Crippen molar-refractivity contribution in [2.75, 3.05) is 45.1 Å². The Labute approximate surface area is 180 Å². The second kappa shape index (κ2) is 11.1. The van der Waals surface area contributed by atoms with Crippen LogP contribution in [0.5, 0.6) is 0 Å². The molecule has 0 saturated carbocycles. The van der Waals surface area contributed by atoms with Crippen LogP contribution < -0.4 is 11.1 Å². The van der Waals surface area contributed by atoms with Gasteiger partial charge in [-0.15, -0.1) is 11.8 Å². The summed E-state index contributed by atoms with van der Waals surface area (Å²) < 4.78 is 5.22. The molecule has 2 heterocycles. The number of ether oxygens (including phenoxy) is 1. The van der Waals surface area contributed by atoms with Gasteiger partial charge in [0, 0.05) is 25.4 Å². The second-order valence-electron chi connectivity index (χ2n) is 7.32. The van der Waals surface area contributed by atoms with Crippen LogP contribution in [0, 0.1) is 17.2 Å². The predicted octanol–water partition coefficient (Wildman–Crippen LogP) is 1.07. The summed E-state index contributed by atoms with van der Waals surface area (Å²) in [6.07, 6.45) is 1.57. The highest BCUT2D eigenvalue weighted by Gasteiger charge is 2.29. The lowest BCUT2D eigenvalue weighted by atomic mass is 9.97. The number of likely N-dealkylation sites (tertiary alicyclic amines) is 1. The summed E-state index contributed by atoms with van der Waals surface area (Å²) in [5.41, 5.74) is 7.07. The Morgan fingerprint density at radius 1 is 1.37 bits per heavy atom. The number of aliphatic imine (C=N–C) groups is 1. The van der Waals surface area contributed by atoms with E-state index in [1.807, 2.05) is 12.1 Å². The molecule has 2 atom stereocenters. The third-order valence-electron chi connectivity index (χ3n) is 5.18. The molecule has 0 spiro atoms. The van der Waals surface area contributed by atoms with Gasteiger partial charge >= 0.3 is 0 Å². The summed E-state index contributed by atoms with van der Waals surface area (Å²) in [6.45, 7) is 2.22. The van der Waals surface area contributed by atoms with Crippen molar-refractivity contribution < 1.29 is 14.3 Å². The number of nitrogens with two attached hydrogens (primary N) is 1. The Hall–Kier alpha value is -2.41. The number of nitriles is 1. The van der Waals surface area contributed by atoms with Crippen LogP contribution in [0.4, 0.5) is 0 Å². The van der Waals surface area contributed by atoms with E-state index in [-0.39, 0.29) is 30.4 Å². The van der Waals surface area contributed by atoms with E-state index in [0.717, 1.165) is 29.2 Å². The number of hydrogen-bond acceptors (Lipinski definition) is 7. The highest BCUT2D eigenvalue weighted by Crippen LogP contribution is 2.30. The van der Waals surface area contributed by atoms with E-state index in [1.165, 1.54) is 0 Å². The molecule has 0 bridgehead atoms. The van der Waals surface area contributed by atoms with Gasteiger partial charge in [-0.25, -0.2) is 0 Å². The van der Waals surface area contributed by atoms with E-state index in [2.05, 4.69) is 11.4 Å². The molecule has 1 saturated heterocycles. The van der Waals surface area contributed by atoms with Gasteiger partial charge in [-0.2, -0.15) is 5.26 Å². The number of thioether (sulfide) groups is 1. The first-order chi connectivity index (χ1) is 14.6. The molecular weight excluding hydrogens is 402 g/mol. The van der Waals surface area contributed by atoms with Crippen molar-refractivity contribution in [3.05, 3.63) is 35.4 Å². The summed E-state index contributed by atoms with van der Waals surface area (Å²) >= 11 is 1.64. The van der Waals surface area contributed by atoms with Gasteiger partial charge in [-0.1, -0.05) is 12.1 Å². The van der Waals surface area contributed by atoms with Crippen LogP contribution in [0.3, 0.4) is 0 Å². The van der Waals surface area contributed by atoms with Gasteiger partial charge in [0.2, 0.25) is 11.8 Å². The molecule has 2 unspecified atom stereocenters. The van der Waals surface area contributed by atoms with E-state index in [0.29, 0.717) is 38.3 Å². The van der Waals surface area contributed by atoms with Crippen molar-refractivity contribution in [3.8, 4) is 6.07 Å². The third-order valence-corrected chi connectivity index (χ3v) is 6.24. The number of nitrogens with zero attached hydrogens (tertiary/aromatic N) is 3. The van der Waals surface area contributed by atoms with Crippen molar-refractivity contribution in [2.24, 2.45) is 16.6 Å². The van der Waals surface area contributed by atoms with Gasteiger partial charge in [0.05, 0.1) is 41.8 Å². The first-order valence-corrected chi connectivity index (χ1v) is 11.1. The van der Waals surface area contributed by atoms with Crippen LogP contribution >= 0.6 is 11.8 Å². The van der Waals surface area contributed by atoms with Gasteiger partial charge in [-0.05, 0) is 30.5 Å². The molecular formula is C21H27N5O3S. The molecule has 0 radical (unpaired) electrons. The zero-order chi connectivity index (χ0) is 21.3. The van der Waals surface area contributed by atoms with E-state index in [9.17, 15) is 9.59 Å². The second-order valence-corrected chi connectivity index (χ2v) is 8.41. The predicted molar refractivity (Wildman–Crippen MR) is 116 cm³/mol. The van der Waals surface area contributed by atoms with E-state index in [4.69, 9.17) is 20.7 Å². The smallest absolute Gasteiger partial charge is 0.248 e. The monoisotopic (exact) mass is 429 g/mol. The molecule has 160 valence electrons. The molecule has 1 aromatic rings. The first-order valence-electron chi connectivity index (χ1n) is 10.1. The van der Waals surface area contributed by atoms with Gasteiger partial charge in [-0.3, -0.25) is 14.6 Å². The summed E-state index contributed by atoms with van der Waals surface area (Å²) in [6, 6.07) is 9.62. The Morgan fingerprint density at radius 3 is 2.90 bits per heavy atom. The SMILES string of the molecule is N#Cc1ccc(C2CSC(CNC(=O)C3CCCN(C(=O)COCCN)C3)=N2)cc1. The van der Waals surface area contributed by atoms with Gasteiger partial charge in [0.1, 0.15) is 6.61 Å². The lowest BCUT2D eigenvalue weighted by Crippen LogP contribution is -2.47. The van der Waals surface area contributed by atoms with Crippen molar-refractivity contribution >= 4 is 28.6 Å². The molecule has 2 aliphatic heterocycles. The van der Waals surface area contributed by atoms with Crippen LogP contribution in [-0.4, -0.2) is 66.9 Å². The first kappa shape index (κ1) is 22.3. The fraction of sp³-hybridized carbons (Fsp3) is 0.524. The summed E-state index contributed by atoms with van der Waals surface area (Å²) in [4.78, 5) is 31.2. The number of benzene rings is 1. The summed E-state index contributed by atoms with van der Waals surface area (Å²) in [5.74, 6) is 0.479. The number of carbonyl (C=O) groups is 2. The topological polar surface area (TPSA) is 121 Å². The Bertz CT molecular complexity index is 821. The van der Waals surface area contributed by atoms with Gasteiger partial charge < -0.3 is 20.7 Å². The highest BCUT2D eigenvalue weighted by atomic mass is 32.2. The maximum Gasteiger partial charge on any atom is 0.248 e. The normalized spacial score (nSPS) is 21.1. The Balaban J connectivity index is 1.46. The van der Waals surface area contributed by atoms with E-state index < -0.39 is 0 Å². The molecule has 30 heavy (non-hydrogen) atoms. The summed E-state index contributed by atoms with van der Waals surface area (Å²) in [5, 5.41) is 12.8. The number of piperidine rings is 1. The fourth-order valence-corrected chi connectivity index (χ4v) is 4.52. The minimum absolute atomic E-state index is 0.00964. The third kappa shape index (κ3) is 6.05. The molecule has 0 aliphatic carbocycles. The molecule has 9 heteroatoms. The van der Waals surface area contributed by atoms with Crippen LogP contribution in [0.15, 0.2) is 29.3 Å². The van der Waals surface area contributed by atoms with E-state index >= 15 is 0 Å². The average molecular weight is 430 g/mol. The van der Waals surface area contributed by atoms with Crippen LogP contribution in [0.2, 0.25) is 0 Å². The fourth-order valence-electron chi connectivity index (χ4n) is 3.53. The Kier molecular flexibility index (Phi) is 8.25. The minimum Gasteiger partial charge on any atom is -0.370 e. The quantitative estimate of drug-likeness (QED) is 0.597. The molecule has 3 rings (SSSR count). The molecule has 3 N–H and O–H groups in total. The van der Waals surface area contributed by atoms with Crippen LogP contribution in [-0.2, 0) is 14.3 Å². The van der Waals surface area contributed by atoms with Crippen molar-refractivity contribution in [2.45, 2.75) is 18.9 Å². The van der Waals surface area contributed by atoms with Gasteiger partial charge in [0.15, 0.2) is 0 Å². The lowest BCUT2D eigenvalue weighted by Gasteiger charge is -2.32. The molecule has 1 fully saturated rings. The highest BCUT2D eigenvalue weighted by molar-refractivity contribution is 8.14. The number of rotatable bonds is 8. The number of carbonyl (C=O) groups excluding carboxylic acids is 2. The zero-order valence-corrected chi connectivity index (χ0v) is 17.7. The molecule has 2 amide bonds. The number of hydrogen-bond donors (Lipinski definition) is 2. The molecule has 0 aromatic heterocycles. The molecule has 1 aromatic carbocycles. The molecule has 2 aliphatic rings. The summed E-state index contributed by atoms with van der Waals surface area (Å²) in [7, 11) is 0. The van der Waals surface area contributed by atoms with Crippen LogP contribution in [0.1, 0.15) is 30.0 Å². The molecule has 8 nitrogen and oxygen atoms in total. The van der Waals surface area contributed by atoms with E-state index in [1.54, 1.807) is 28.8 Å². The standard InChI is InChI=1S/C21H27N5O3S/c22-7-9-29-13-20(27)26-8-1-2-17(12-26)21(28)24-11-19-25-18(14-30-19)16-5-3-15(10-23)4-6-16/h3-6,17-18H,1-2,7-9,11-14,22H2,(H,24,28). The van der Waals surface area contributed by atoms with Crippen molar-refractivity contribution in [1.29, 1.82) is 5.26 Å². The van der Waals surface area contributed by atoms with Crippen molar-refractivity contribution in [1.82, 2.24) is 10.2 Å². The number of nitrogens with one attached hydrogen (secondary N) is 1. The number of amides is 2. The largest absolute Gasteiger partial charge is 0.370 e. The average Bonchev–Trinajstić information content (AvgIpc) is 3.27. The van der Waals surface area contributed by atoms with Crippen LogP contribution in [0.25, 0.3) is 0 Å². The van der Waals surface area contributed by atoms with Crippen molar-refractivity contribution in [3.63, 3.8) is 0 Å².